The van der Waals surface area contributed by atoms with Crippen LogP contribution in [0, 0.1) is 5.41 Å². The van der Waals surface area contributed by atoms with E-state index in [0.717, 1.165) is 38.4 Å². The number of aryl methyl sites for hydroxylation is 1. The smallest absolute Gasteiger partial charge is 0.146 e. The van der Waals surface area contributed by atoms with Crippen molar-refractivity contribution in [2.75, 3.05) is 6.61 Å². The Balaban J connectivity index is 1.90. The normalized spacial score (nSPS) is 30.3. The quantitative estimate of drug-likeness (QED) is 0.820. The van der Waals surface area contributed by atoms with Gasteiger partial charge in [0.05, 0.1) is 12.6 Å². The van der Waals surface area contributed by atoms with Gasteiger partial charge in [-0.05, 0) is 26.7 Å². The Labute approximate surface area is 115 Å². The average molecular weight is 266 g/mol. The van der Waals surface area contributed by atoms with E-state index >= 15 is 0 Å². The van der Waals surface area contributed by atoms with Crippen LogP contribution in [0.3, 0.4) is 0 Å². The Morgan fingerprint density at radius 1 is 1.47 bits per heavy atom. The lowest BCUT2D eigenvalue weighted by Gasteiger charge is -2.53. The topological polar surface area (TPSA) is 52.0 Å². The molecule has 5 nitrogen and oxygen atoms in total. The molecule has 19 heavy (non-hydrogen) atoms. The first-order chi connectivity index (χ1) is 9.15. The molecule has 5 heteroatoms. The number of hydrogen-bond acceptors (Lipinski definition) is 4. The number of rotatable bonds is 7. The highest BCUT2D eigenvalue weighted by Gasteiger charge is 2.50. The first-order valence-corrected chi connectivity index (χ1v) is 7.37. The molecule has 0 spiro atoms. The van der Waals surface area contributed by atoms with E-state index in [4.69, 9.17) is 4.74 Å². The van der Waals surface area contributed by atoms with Gasteiger partial charge in [-0.25, -0.2) is 0 Å². The van der Waals surface area contributed by atoms with E-state index in [9.17, 15) is 0 Å². The van der Waals surface area contributed by atoms with E-state index < -0.39 is 0 Å². The van der Waals surface area contributed by atoms with E-state index in [1.54, 1.807) is 6.33 Å². The van der Waals surface area contributed by atoms with Gasteiger partial charge in [0.15, 0.2) is 0 Å². The van der Waals surface area contributed by atoms with Crippen LogP contribution >= 0.6 is 0 Å². The fourth-order valence-corrected chi connectivity index (χ4v) is 2.96. The maximum absolute atomic E-state index is 5.82. The molecule has 1 aliphatic rings. The monoisotopic (exact) mass is 266 g/mol. The van der Waals surface area contributed by atoms with Crippen LogP contribution in [0.15, 0.2) is 6.33 Å². The molecule has 1 fully saturated rings. The minimum atomic E-state index is 0.243. The lowest BCUT2D eigenvalue weighted by Crippen LogP contribution is -2.62. The van der Waals surface area contributed by atoms with Crippen LogP contribution in [0.2, 0.25) is 0 Å². The summed E-state index contributed by atoms with van der Waals surface area (Å²) in [4.78, 5) is 0. The second kappa shape index (κ2) is 6.01. The zero-order chi connectivity index (χ0) is 13.9. The van der Waals surface area contributed by atoms with Gasteiger partial charge in [0.2, 0.25) is 0 Å². The SMILES string of the molecule is CCOC1CC(NCc2nncn2CC)C1(C)CC. The lowest BCUT2D eigenvalue weighted by molar-refractivity contribution is -0.126. The van der Waals surface area contributed by atoms with Gasteiger partial charge < -0.3 is 14.6 Å². The van der Waals surface area contributed by atoms with E-state index in [1.807, 2.05) is 0 Å². The predicted octanol–water partition coefficient (Wildman–Crippen LogP) is 1.98. The summed E-state index contributed by atoms with van der Waals surface area (Å²) in [5.41, 5.74) is 0.243. The molecule has 0 saturated heterocycles. The Hall–Kier alpha value is -0.940. The maximum Gasteiger partial charge on any atom is 0.146 e. The summed E-state index contributed by atoms with van der Waals surface area (Å²) in [6, 6.07) is 0.510. The molecule has 3 atom stereocenters. The van der Waals surface area contributed by atoms with Crippen LogP contribution in [0.25, 0.3) is 0 Å². The lowest BCUT2D eigenvalue weighted by atomic mass is 9.61. The molecule has 108 valence electrons. The number of ether oxygens (including phenoxy) is 1. The molecule has 1 saturated carbocycles. The van der Waals surface area contributed by atoms with Gasteiger partial charge in [-0.15, -0.1) is 10.2 Å². The molecule has 1 N–H and O–H groups in total. The van der Waals surface area contributed by atoms with Gasteiger partial charge in [0.1, 0.15) is 12.2 Å². The highest BCUT2D eigenvalue weighted by Crippen LogP contribution is 2.45. The minimum absolute atomic E-state index is 0.243. The van der Waals surface area contributed by atoms with E-state index in [-0.39, 0.29) is 5.41 Å². The van der Waals surface area contributed by atoms with Crippen LogP contribution < -0.4 is 5.32 Å². The largest absolute Gasteiger partial charge is 0.378 e. The van der Waals surface area contributed by atoms with Crippen LogP contribution in [0.4, 0.5) is 0 Å². The van der Waals surface area contributed by atoms with Crippen molar-refractivity contribution in [1.29, 1.82) is 0 Å². The molecular weight excluding hydrogens is 240 g/mol. The number of hydrogen-bond donors (Lipinski definition) is 1. The third-order valence-electron chi connectivity index (χ3n) is 4.65. The molecule has 1 aromatic heterocycles. The summed E-state index contributed by atoms with van der Waals surface area (Å²) in [7, 11) is 0. The van der Waals surface area contributed by atoms with Gasteiger partial charge in [-0.1, -0.05) is 13.8 Å². The minimum Gasteiger partial charge on any atom is -0.378 e. The number of aromatic nitrogens is 3. The Morgan fingerprint density at radius 2 is 2.26 bits per heavy atom. The molecule has 1 heterocycles. The Kier molecular flexibility index (Phi) is 4.58. The van der Waals surface area contributed by atoms with Crippen molar-refractivity contribution < 1.29 is 4.74 Å². The third-order valence-corrected chi connectivity index (χ3v) is 4.65. The van der Waals surface area contributed by atoms with Gasteiger partial charge >= 0.3 is 0 Å². The summed E-state index contributed by atoms with van der Waals surface area (Å²) in [6.07, 6.45) is 4.41. The van der Waals surface area contributed by atoms with Crippen molar-refractivity contribution in [2.45, 2.75) is 65.8 Å². The van der Waals surface area contributed by atoms with Crippen molar-refractivity contribution >= 4 is 0 Å². The summed E-state index contributed by atoms with van der Waals surface area (Å²) in [5, 5.41) is 11.8. The highest BCUT2D eigenvalue weighted by atomic mass is 16.5. The first-order valence-electron chi connectivity index (χ1n) is 7.37. The van der Waals surface area contributed by atoms with E-state index in [1.165, 1.54) is 0 Å². The van der Waals surface area contributed by atoms with Crippen LogP contribution in [0.5, 0.6) is 0 Å². The molecule has 3 unspecified atom stereocenters. The Morgan fingerprint density at radius 3 is 2.89 bits per heavy atom. The molecule has 2 rings (SSSR count). The van der Waals surface area contributed by atoms with Crippen molar-refractivity contribution in [2.24, 2.45) is 5.41 Å². The summed E-state index contributed by atoms with van der Waals surface area (Å²) >= 11 is 0. The summed E-state index contributed by atoms with van der Waals surface area (Å²) in [5.74, 6) is 1.01. The van der Waals surface area contributed by atoms with Gasteiger partial charge in [-0.3, -0.25) is 0 Å². The fourth-order valence-electron chi connectivity index (χ4n) is 2.96. The predicted molar refractivity (Wildman–Crippen MR) is 74.8 cm³/mol. The van der Waals surface area contributed by atoms with Gasteiger partial charge in [0, 0.05) is 24.6 Å². The van der Waals surface area contributed by atoms with Crippen molar-refractivity contribution in [3.63, 3.8) is 0 Å². The standard InChI is InChI=1S/C14H26N4O/c1-5-14(4)11(8-12(14)19-7-3)15-9-13-17-16-10-18(13)6-2/h10-12,15H,5-9H2,1-4H3. The summed E-state index contributed by atoms with van der Waals surface area (Å²) in [6.45, 7) is 11.2. The number of nitrogens with one attached hydrogen (secondary N) is 1. The molecule has 1 aliphatic carbocycles. The molecule has 0 bridgehead atoms. The second-order valence-electron chi connectivity index (χ2n) is 5.51. The summed E-state index contributed by atoms with van der Waals surface area (Å²) < 4.78 is 7.90. The zero-order valence-corrected chi connectivity index (χ0v) is 12.5. The average Bonchev–Trinajstić information content (AvgIpc) is 2.88. The Bertz CT molecular complexity index is 406. The van der Waals surface area contributed by atoms with E-state index in [2.05, 4.69) is 47.8 Å². The number of nitrogens with zero attached hydrogens (tertiary/aromatic N) is 3. The van der Waals surface area contributed by atoms with Crippen molar-refractivity contribution in [1.82, 2.24) is 20.1 Å². The molecule has 0 aliphatic heterocycles. The second-order valence-corrected chi connectivity index (χ2v) is 5.51. The van der Waals surface area contributed by atoms with Crippen LogP contribution in [-0.4, -0.2) is 33.5 Å². The first kappa shape index (κ1) is 14.5. The third kappa shape index (κ3) is 2.67. The molecule has 0 radical (unpaired) electrons. The molecular formula is C14H26N4O. The molecule has 1 aromatic rings. The van der Waals surface area contributed by atoms with Gasteiger partial charge in [0.25, 0.3) is 0 Å². The molecule has 0 aromatic carbocycles. The van der Waals surface area contributed by atoms with Gasteiger partial charge in [-0.2, -0.15) is 0 Å². The molecule has 0 amide bonds. The van der Waals surface area contributed by atoms with Crippen LogP contribution in [-0.2, 0) is 17.8 Å². The van der Waals surface area contributed by atoms with Crippen molar-refractivity contribution in [3.05, 3.63) is 12.2 Å². The zero-order valence-electron chi connectivity index (χ0n) is 12.5. The highest BCUT2D eigenvalue weighted by molar-refractivity contribution is 5.05. The maximum atomic E-state index is 5.82. The fraction of sp³-hybridized carbons (Fsp3) is 0.857. The van der Waals surface area contributed by atoms with Crippen LogP contribution in [0.1, 0.15) is 46.4 Å². The van der Waals surface area contributed by atoms with E-state index in [0.29, 0.717) is 12.1 Å². The van der Waals surface area contributed by atoms with Crippen molar-refractivity contribution in [3.8, 4) is 0 Å².